The van der Waals surface area contributed by atoms with Gasteiger partial charge >= 0.3 is 0 Å². The smallest absolute Gasteiger partial charge is 0.0775 e. The van der Waals surface area contributed by atoms with Crippen LogP contribution in [0.15, 0.2) is 194 Å². The molecule has 5 heteroatoms. The first-order valence-electron chi connectivity index (χ1n) is 27.9. The van der Waals surface area contributed by atoms with Crippen molar-refractivity contribution < 1.29 is 19.2 Å². The number of anilines is 6. The van der Waals surface area contributed by atoms with E-state index in [9.17, 15) is 13.7 Å². The first-order chi connectivity index (χ1) is 36.7. The quantitative estimate of drug-likeness (QED) is 0.149. The molecule has 0 saturated carbocycles. The largest absolute Gasteiger partial charge is 0.310 e. The SMILES string of the molecule is [2H]c1c([2H])c([2H])c2c(c1[2H])c1c(N(c3ccccc3)c3ccc(C)cc3)c([2H])c([2H])c3c4c([2H])c5c(c([2H])c4n2c31)c1c([2H])c([2H])c(N(c2ccccc2)c2ccc([Si](C)(C)C)cc2)c2c3c([2H])c([2H])c([2H])c([2H])c3n5c12. The molecule has 0 aliphatic carbocycles. The summed E-state index contributed by atoms with van der Waals surface area (Å²) in [6.07, 6.45) is 0. The molecule has 13 rings (SSSR count). The Balaban J connectivity index is 1.27. The van der Waals surface area contributed by atoms with Crippen molar-refractivity contribution in [2.75, 3.05) is 9.80 Å². The summed E-state index contributed by atoms with van der Waals surface area (Å²) >= 11 is 0. The zero-order valence-electron chi connectivity index (χ0n) is 48.7. The molecule has 0 spiro atoms. The minimum atomic E-state index is -1.80. The van der Waals surface area contributed by atoms with Crippen molar-refractivity contribution in [1.29, 1.82) is 0 Å². The van der Waals surface area contributed by atoms with Crippen LogP contribution in [0.25, 0.3) is 76.2 Å². The number of aryl methyl sites for hydroxylation is 1. The number of hydrogen-bond acceptors (Lipinski definition) is 2. The Bertz CT molecular complexity index is 4710. The van der Waals surface area contributed by atoms with Crippen LogP contribution in [-0.2, 0) is 0 Å². The number of hydrogen-bond donors (Lipinski definition) is 0. The van der Waals surface area contributed by atoms with Crippen LogP contribution in [0.1, 0.15) is 24.8 Å². The summed E-state index contributed by atoms with van der Waals surface area (Å²) in [7, 11) is -1.80. The predicted molar refractivity (Wildman–Crippen MR) is 273 cm³/mol. The van der Waals surface area contributed by atoms with Gasteiger partial charge in [0.05, 0.1) is 71.7 Å². The molecule has 0 radical (unpaired) electrons. The van der Waals surface area contributed by atoms with Crippen LogP contribution in [0, 0.1) is 6.92 Å². The minimum Gasteiger partial charge on any atom is -0.310 e. The highest BCUT2D eigenvalue weighted by atomic mass is 28.3. The van der Waals surface area contributed by atoms with Gasteiger partial charge in [-0.1, -0.05) is 139 Å². The molecule has 0 atom stereocenters. The van der Waals surface area contributed by atoms with Crippen LogP contribution in [0.3, 0.4) is 0 Å². The third-order valence-electron chi connectivity index (χ3n) is 12.4. The number of aromatic nitrogens is 2. The third kappa shape index (κ3) is 5.14. The second-order valence-electron chi connectivity index (χ2n) is 17.2. The Kier molecular flexibility index (Phi) is 5.18. The van der Waals surface area contributed by atoms with Crippen LogP contribution >= 0.6 is 0 Å². The van der Waals surface area contributed by atoms with Crippen LogP contribution in [-0.4, -0.2) is 16.9 Å². The van der Waals surface area contributed by atoms with Crippen molar-refractivity contribution in [3.8, 4) is 0 Å². The zero-order valence-corrected chi connectivity index (χ0v) is 35.7. The molecule has 0 aliphatic rings. The molecule has 63 heavy (non-hydrogen) atoms. The molecular formula is C58H44N4Si. The molecule has 4 nitrogen and oxygen atoms in total. The number of rotatable bonds is 7. The number of para-hydroxylation sites is 4. The van der Waals surface area contributed by atoms with Crippen molar-refractivity contribution in [1.82, 2.24) is 8.80 Å². The predicted octanol–water partition coefficient (Wildman–Crippen LogP) is 15.8. The van der Waals surface area contributed by atoms with Gasteiger partial charge in [0.25, 0.3) is 0 Å². The van der Waals surface area contributed by atoms with Crippen LogP contribution in [0.2, 0.25) is 19.6 Å². The van der Waals surface area contributed by atoms with E-state index in [0.717, 1.165) is 5.56 Å². The van der Waals surface area contributed by atoms with E-state index in [0.29, 0.717) is 22.7 Å². The van der Waals surface area contributed by atoms with Gasteiger partial charge < -0.3 is 18.6 Å². The lowest BCUT2D eigenvalue weighted by Crippen LogP contribution is -2.37. The van der Waals surface area contributed by atoms with Gasteiger partial charge in [0.15, 0.2) is 0 Å². The lowest BCUT2D eigenvalue weighted by atomic mass is 10.0. The van der Waals surface area contributed by atoms with Gasteiger partial charge in [-0.25, -0.2) is 0 Å². The average molecular weight is 839 g/mol. The average Bonchev–Trinajstić information content (AvgIpc) is 4.34. The van der Waals surface area contributed by atoms with E-state index in [2.05, 4.69) is 19.6 Å². The second kappa shape index (κ2) is 13.2. The Morgan fingerprint density at radius 3 is 1.27 bits per heavy atom. The Morgan fingerprint density at radius 1 is 0.413 bits per heavy atom. The molecule has 0 N–H and O–H groups in total. The van der Waals surface area contributed by atoms with E-state index in [1.807, 2.05) is 121 Å². The van der Waals surface area contributed by atoms with E-state index in [1.54, 1.807) is 4.90 Å². The number of fused-ring (bicyclic) bond motifs is 12. The molecule has 300 valence electrons. The lowest BCUT2D eigenvalue weighted by Gasteiger charge is -2.27. The van der Waals surface area contributed by atoms with E-state index in [-0.39, 0.29) is 124 Å². The van der Waals surface area contributed by atoms with E-state index < -0.39 is 56.4 Å². The van der Waals surface area contributed by atoms with Crippen LogP contribution in [0.5, 0.6) is 0 Å². The fourth-order valence-corrected chi connectivity index (χ4v) is 10.7. The van der Waals surface area contributed by atoms with E-state index >= 15 is 0 Å². The first-order valence-corrected chi connectivity index (χ1v) is 24.4. The van der Waals surface area contributed by atoms with Gasteiger partial charge in [0.1, 0.15) is 0 Å². The molecule has 0 unspecified atom stereocenters. The summed E-state index contributed by atoms with van der Waals surface area (Å²) in [5, 5.41) is 1.65. The summed E-state index contributed by atoms with van der Waals surface area (Å²) in [6.45, 7) is 8.64. The van der Waals surface area contributed by atoms with Gasteiger partial charge in [-0.05, 0) is 91.7 Å². The van der Waals surface area contributed by atoms with Crippen molar-refractivity contribution in [2.45, 2.75) is 26.6 Å². The van der Waals surface area contributed by atoms with Gasteiger partial charge in [0.2, 0.25) is 0 Å². The Hall–Kier alpha value is -7.60. The van der Waals surface area contributed by atoms with E-state index in [4.69, 9.17) is 5.48 Å². The van der Waals surface area contributed by atoms with E-state index in [1.165, 1.54) is 14.0 Å². The van der Waals surface area contributed by atoms with Gasteiger partial charge in [-0.3, -0.25) is 0 Å². The van der Waals surface area contributed by atoms with Crippen molar-refractivity contribution in [2.24, 2.45) is 0 Å². The summed E-state index contributed by atoms with van der Waals surface area (Å²) < 4.78 is 139. The molecule has 0 saturated heterocycles. The van der Waals surface area contributed by atoms with Gasteiger partial charge in [-0.15, -0.1) is 0 Å². The van der Waals surface area contributed by atoms with Gasteiger partial charge in [-0.2, -0.15) is 0 Å². The molecule has 0 bridgehead atoms. The zero-order chi connectivity index (χ0) is 54.3. The maximum Gasteiger partial charge on any atom is 0.0775 e. The third-order valence-corrected chi connectivity index (χ3v) is 14.5. The minimum absolute atomic E-state index is 0.00841. The van der Waals surface area contributed by atoms with Gasteiger partial charge in [0, 0.05) is 65.8 Å². The molecule has 0 amide bonds. The molecule has 0 aliphatic heterocycles. The standard InChI is InChI=1S/C58H44N4Si/c1-37-23-25-40(26-24-37)59(38-15-7-5-8-16-38)51-33-31-43-47-35-54-48(36-53(47)61-49-21-13-11-19-45(49)55(51)57(43)61)44-32-34-52(56-46-20-12-14-22-50(46)62(54)58(44)56)60(39-17-9-6-10-18-39)41-27-29-42(30-28-41)63(2,3)4/h5-36H,1-4H3/i11D,12D,13D,14D,19D,20D,21D,22D,31D,32D,33D,34D,35D,36D. The first kappa shape index (κ1) is 24.7. The maximum absolute atomic E-state index is 10.5. The summed E-state index contributed by atoms with van der Waals surface area (Å²) in [5.41, 5.74) is 3.81. The Morgan fingerprint density at radius 2 is 0.825 bits per heavy atom. The Labute approximate surface area is 386 Å². The molecule has 0 fully saturated rings. The topological polar surface area (TPSA) is 15.3 Å². The lowest BCUT2D eigenvalue weighted by molar-refractivity contribution is 1.29. The monoisotopic (exact) mass is 838 g/mol. The van der Waals surface area contributed by atoms with Crippen molar-refractivity contribution in [3.05, 3.63) is 199 Å². The number of nitrogens with zero attached hydrogens (tertiary/aromatic N) is 4. The number of benzene rings is 9. The summed E-state index contributed by atoms with van der Waals surface area (Å²) in [5.74, 6) is 0. The van der Waals surface area contributed by atoms with Crippen LogP contribution in [0.4, 0.5) is 34.1 Å². The van der Waals surface area contributed by atoms with Crippen molar-refractivity contribution >= 4 is 124 Å². The molecule has 4 heterocycles. The molecular weight excluding hydrogens is 781 g/mol. The normalized spacial score (nSPS) is 15.6. The fraction of sp³-hybridized carbons (Fsp3) is 0.0690. The second-order valence-corrected chi connectivity index (χ2v) is 22.3. The maximum atomic E-state index is 10.5. The summed E-state index contributed by atoms with van der Waals surface area (Å²) in [6, 6.07) is 28.0. The highest BCUT2D eigenvalue weighted by molar-refractivity contribution is 6.88. The molecule has 13 aromatic rings. The highest BCUT2D eigenvalue weighted by Gasteiger charge is 2.28. The van der Waals surface area contributed by atoms with Crippen molar-refractivity contribution in [3.63, 3.8) is 0 Å². The molecule has 4 aromatic heterocycles. The van der Waals surface area contributed by atoms with Crippen LogP contribution < -0.4 is 15.0 Å². The highest BCUT2D eigenvalue weighted by Crippen LogP contribution is 2.51. The summed E-state index contributed by atoms with van der Waals surface area (Å²) in [4.78, 5) is 3.59. The fourth-order valence-electron chi connectivity index (χ4n) is 9.51. The molecule has 9 aromatic carbocycles.